The van der Waals surface area contributed by atoms with Crippen molar-refractivity contribution in [3.05, 3.63) is 54.4 Å². The fourth-order valence-electron chi connectivity index (χ4n) is 1.29. The van der Waals surface area contributed by atoms with Gasteiger partial charge in [-0.15, -0.1) is 11.3 Å². The Kier molecular flexibility index (Phi) is 3.88. The predicted octanol–water partition coefficient (Wildman–Crippen LogP) is 5.19. The second-order valence-electron chi connectivity index (χ2n) is 3.20. The molecular formula is C11H4BrCl2FOS. The Morgan fingerprint density at radius 2 is 2.00 bits per heavy atom. The maximum atomic E-state index is 13.0. The van der Waals surface area contributed by atoms with Crippen LogP contribution in [0.25, 0.3) is 0 Å². The van der Waals surface area contributed by atoms with Crippen molar-refractivity contribution in [2.24, 2.45) is 0 Å². The van der Waals surface area contributed by atoms with Crippen LogP contribution < -0.4 is 0 Å². The Morgan fingerprint density at radius 1 is 1.29 bits per heavy atom. The van der Waals surface area contributed by atoms with Crippen LogP contribution in [0.1, 0.15) is 15.9 Å². The Labute approximate surface area is 119 Å². The SMILES string of the molecule is O=C(c1ccc(F)c(Br)c1)c1cc(Cl)sc1Cl. The summed E-state index contributed by atoms with van der Waals surface area (Å²) in [4.78, 5) is 12.1. The van der Waals surface area contributed by atoms with E-state index in [9.17, 15) is 9.18 Å². The lowest BCUT2D eigenvalue weighted by molar-refractivity contribution is 0.103. The van der Waals surface area contributed by atoms with Gasteiger partial charge in [-0.1, -0.05) is 23.2 Å². The Balaban J connectivity index is 2.44. The van der Waals surface area contributed by atoms with Crippen LogP contribution in [0, 0.1) is 5.82 Å². The molecule has 0 radical (unpaired) electrons. The maximum Gasteiger partial charge on any atom is 0.195 e. The summed E-state index contributed by atoms with van der Waals surface area (Å²) >= 11 is 15.8. The number of halogens is 4. The topological polar surface area (TPSA) is 17.1 Å². The number of rotatable bonds is 2. The van der Waals surface area contributed by atoms with Crippen LogP contribution >= 0.6 is 50.5 Å². The molecule has 0 aliphatic rings. The largest absolute Gasteiger partial charge is 0.289 e. The van der Waals surface area contributed by atoms with Crippen LogP contribution in [0.2, 0.25) is 8.67 Å². The van der Waals surface area contributed by atoms with Crippen molar-refractivity contribution in [1.82, 2.24) is 0 Å². The molecule has 0 amide bonds. The van der Waals surface area contributed by atoms with E-state index in [1.807, 2.05) is 0 Å². The molecule has 0 unspecified atom stereocenters. The summed E-state index contributed by atoms with van der Waals surface area (Å²) in [5.74, 6) is -0.699. The molecule has 2 rings (SSSR count). The summed E-state index contributed by atoms with van der Waals surface area (Å²) in [5.41, 5.74) is 0.690. The van der Waals surface area contributed by atoms with Gasteiger partial charge in [0.1, 0.15) is 10.2 Å². The highest BCUT2D eigenvalue weighted by atomic mass is 79.9. The van der Waals surface area contributed by atoms with E-state index in [0.717, 1.165) is 11.3 Å². The number of hydrogen-bond acceptors (Lipinski definition) is 2. The Bertz CT molecular complexity index is 597. The minimum Gasteiger partial charge on any atom is -0.289 e. The molecule has 0 saturated carbocycles. The molecular weight excluding hydrogens is 350 g/mol. The minimum absolute atomic E-state index is 0.237. The van der Waals surface area contributed by atoms with Gasteiger partial charge in [0.15, 0.2) is 5.78 Å². The fraction of sp³-hybridized carbons (Fsp3) is 0. The smallest absolute Gasteiger partial charge is 0.195 e. The van der Waals surface area contributed by atoms with Crippen LogP contribution in [0.3, 0.4) is 0 Å². The van der Waals surface area contributed by atoms with Gasteiger partial charge in [0.2, 0.25) is 0 Å². The zero-order chi connectivity index (χ0) is 12.6. The predicted molar refractivity (Wildman–Crippen MR) is 71.9 cm³/mol. The highest BCUT2D eigenvalue weighted by molar-refractivity contribution is 9.10. The van der Waals surface area contributed by atoms with Gasteiger partial charge in [0.05, 0.1) is 14.4 Å². The monoisotopic (exact) mass is 352 g/mol. The number of hydrogen-bond donors (Lipinski definition) is 0. The van der Waals surface area contributed by atoms with Crippen molar-refractivity contribution in [2.45, 2.75) is 0 Å². The molecule has 17 heavy (non-hydrogen) atoms. The molecule has 1 aromatic heterocycles. The normalized spacial score (nSPS) is 10.6. The van der Waals surface area contributed by atoms with Crippen molar-refractivity contribution >= 4 is 56.3 Å². The quantitative estimate of drug-likeness (QED) is 0.679. The summed E-state index contributed by atoms with van der Waals surface area (Å²) in [6.45, 7) is 0. The summed E-state index contributed by atoms with van der Waals surface area (Å²) in [6.07, 6.45) is 0. The van der Waals surface area contributed by atoms with E-state index in [4.69, 9.17) is 23.2 Å². The molecule has 0 bridgehead atoms. The summed E-state index contributed by atoms with van der Waals surface area (Å²) in [6, 6.07) is 5.55. The lowest BCUT2D eigenvalue weighted by Gasteiger charge is -2.01. The van der Waals surface area contributed by atoms with Crippen LogP contribution in [0.15, 0.2) is 28.7 Å². The van der Waals surface area contributed by atoms with Crippen LogP contribution in [-0.4, -0.2) is 5.78 Å². The maximum absolute atomic E-state index is 13.0. The van der Waals surface area contributed by atoms with E-state index in [2.05, 4.69) is 15.9 Å². The Morgan fingerprint density at radius 3 is 2.53 bits per heavy atom. The third kappa shape index (κ3) is 2.71. The van der Waals surface area contributed by atoms with Crippen molar-refractivity contribution in [2.75, 3.05) is 0 Å². The molecule has 6 heteroatoms. The van der Waals surface area contributed by atoms with Gasteiger partial charge >= 0.3 is 0 Å². The number of carbonyl (C=O) groups excluding carboxylic acids is 1. The standard InChI is InChI=1S/C11H4BrCl2FOS/c12-7-3-5(1-2-8(7)15)10(16)6-4-9(13)17-11(6)14/h1-4H. The first-order valence-electron chi connectivity index (χ1n) is 4.43. The number of benzene rings is 1. The van der Waals surface area contributed by atoms with Crippen molar-refractivity contribution < 1.29 is 9.18 Å². The van der Waals surface area contributed by atoms with Gasteiger partial charge in [-0.2, -0.15) is 0 Å². The molecule has 2 aromatic rings. The van der Waals surface area contributed by atoms with E-state index >= 15 is 0 Å². The van der Waals surface area contributed by atoms with E-state index in [-0.39, 0.29) is 10.3 Å². The second kappa shape index (κ2) is 5.06. The third-order valence-electron chi connectivity index (χ3n) is 2.08. The fourth-order valence-corrected chi connectivity index (χ4v) is 3.13. The van der Waals surface area contributed by atoms with Gasteiger partial charge in [0, 0.05) is 5.56 Å². The molecule has 0 atom stereocenters. The summed E-state index contributed by atoms with van der Waals surface area (Å²) < 4.78 is 14.1. The molecule has 1 heterocycles. The first-order chi connectivity index (χ1) is 7.99. The average Bonchev–Trinajstić information content (AvgIpc) is 2.61. The number of ketones is 1. The molecule has 0 fully saturated rings. The van der Waals surface area contributed by atoms with E-state index in [1.54, 1.807) is 0 Å². The first kappa shape index (κ1) is 13.0. The average molecular weight is 354 g/mol. The lowest BCUT2D eigenvalue weighted by atomic mass is 10.1. The van der Waals surface area contributed by atoms with Gasteiger partial charge in [0.25, 0.3) is 0 Å². The highest BCUT2D eigenvalue weighted by Crippen LogP contribution is 2.33. The first-order valence-corrected chi connectivity index (χ1v) is 6.80. The minimum atomic E-state index is -0.420. The van der Waals surface area contributed by atoms with Gasteiger partial charge in [-0.25, -0.2) is 4.39 Å². The molecule has 1 nitrogen and oxygen atoms in total. The summed E-state index contributed by atoms with van der Waals surface area (Å²) in [5, 5.41) is 0. The summed E-state index contributed by atoms with van der Waals surface area (Å²) in [7, 11) is 0. The Hall–Kier alpha value is -0.420. The van der Waals surface area contributed by atoms with Crippen LogP contribution in [0.5, 0.6) is 0 Å². The van der Waals surface area contributed by atoms with E-state index < -0.39 is 5.82 Å². The van der Waals surface area contributed by atoms with Crippen LogP contribution in [0.4, 0.5) is 4.39 Å². The zero-order valence-corrected chi connectivity index (χ0v) is 12.1. The van der Waals surface area contributed by atoms with Crippen molar-refractivity contribution in [3.8, 4) is 0 Å². The van der Waals surface area contributed by atoms with Gasteiger partial charge in [-0.3, -0.25) is 4.79 Å². The zero-order valence-electron chi connectivity index (χ0n) is 8.14. The molecule has 0 saturated heterocycles. The van der Waals surface area contributed by atoms with Gasteiger partial charge < -0.3 is 0 Å². The van der Waals surface area contributed by atoms with Crippen molar-refractivity contribution in [3.63, 3.8) is 0 Å². The van der Waals surface area contributed by atoms with E-state index in [0.29, 0.717) is 19.8 Å². The van der Waals surface area contributed by atoms with E-state index in [1.165, 1.54) is 24.3 Å². The third-order valence-corrected chi connectivity index (χ3v) is 4.18. The van der Waals surface area contributed by atoms with Crippen LogP contribution in [-0.2, 0) is 0 Å². The molecule has 88 valence electrons. The molecule has 0 aliphatic heterocycles. The molecule has 0 N–H and O–H groups in total. The molecule has 0 spiro atoms. The number of carbonyl (C=O) groups is 1. The second-order valence-corrected chi connectivity index (χ2v) is 6.34. The van der Waals surface area contributed by atoms with Crippen molar-refractivity contribution in [1.29, 1.82) is 0 Å². The lowest BCUT2D eigenvalue weighted by Crippen LogP contribution is -2.00. The number of thiophene rings is 1. The molecule has 0 aliphatic carbocycles. The molecule has 1 aromatic carbocycles. The van der Waals surface area contributed by atoms with Gasteiger partial charge in [-0.05, 0) is 40.2 Å². The highest BCUT2D eigenvalue weighted by Gasteiger charge is 2.17.